The number of aryl methyl sites for hydroxylation is 1. The lowest BCUT2D eigenvalue weighted by Crippen LogP contribution is -2.41. The van der Waals surface area contributed by atoms with Crippen LogP contribution in [0, 0.1) is 12.8 Å². The monoisotopic (exact) mass is 349 g/mol. The van der Waals surface area contributed by atoms with Gasteiger partial charge in [0.2, 0.25) is 5.91 Å². The summed E-state index contributed by atoms with van der Waals surface area (Å²) in [6.45, 7) is 5.36. The highest BCUT2D eigenvalue weighted by molar-refractivity contribution is 5.99. The molecule has 2 saturated heterocycles. The molecule has 0 radical (unpaired) electrons. The molecule has 0 aromatic heterocycles. The molecular formula is C22H27N3O. The highest BCUT2D eigenvalue weighted by atomic mass is 16.2. The van der Waals surface area contributed by atoms with Crippen LogP contribution in [0.5, 0.6) is 0 Å². The fraction of sp³-hybridized carbons (Fsp3) is 0.409. The smallest absolute Gasteiger partial charge is 0.244 e. The quantitative estimate of drug-likeness (QED) is 0.923. The number of hydrogen-bond donors (Lipinski definition) is 1. The van der Waals surface area contributed by atoms with Crippen LogP contribution in [0.15, 0.2) is 54.6 Å². The summed E-state index contributed by atoms with van der Waals surface area (Å²) in [6, 6.07) is 18.8. The average molecular weight is 349 g/mol. The number of benzene rings is 2. The summed E-state index contributed by atoms with van der Waals surface area (Å²) >= 11 is 0. The van der Waals surface area contributed by atoms with Gasteiger partial charge < -0.3 is 10.6 Å². The number of likely N-dealkylation sites (tertiary alicyclic amines) is 1. The van der Waals surface area contributed by atoms with Gasteiger partial charge in [0.1, 0.15) is 0 Å². The molecule has 136 valence electrons. The van der Waals surface area contributed by atoms with E-state index in [-0.39, 0.29) is 11.9 Å². The number of carbonyl (C=O) groups is 1. The van der Waals surface area contributed by atoms with Gasteiger partial charge in [0.05, 0.1) is 6.04 Å². The average Bonchev–Trinajstić information content (AvgIpc) is 3.26. The highest BCUT2D eigenvalue weighted by Crippen LogP contribution is 2.35. The molecule has 2 fully saturated rings. The molecule has 0 spiro atoms. The Balaban J connectivity index is 1.50. The van der Waals surface area contributed by atoms with E-state index in [2.05, 4.69) is 60.4 Å². The minimum absolute atomic E-state index is 0.0148. The first kappa shape index (κ1) is 17.3. The van der Waals surface area contributed by atoms with Crippen LogP contribution in [0.1, 0.15) is 23.5 Å². The third-order valence-corrected chi connectivity index (χ3v) is 5.96. The van der Waals surface area contributed by atoms with E-state index in [9.17, 15) is 4.79 Å². The first-order valence-electron chi connectivity index (χ1n) is 9.54. The molecule has 1 unspecified atom stereocenters. The van der Waals surface area contributed by atoms with E-state index >= 15 is 0 Å². The fourth-order valence-corrected chi connectivity index (χ4v) is 4.46. The number of amides is 1. The molecule has 2 heterocycles. The predicted molar refractivity (Wildman–Crippen MR) is 105 cm³/mol. The van der Waals surface area contributed by atoms with Gasteiger partial charge in [-0.25, -0.2) is 0 Å². The van der Waals surface area contributed by atoms with E-state index in [0.717, 1.165) is 31.7 Å². The molecule has 1 amide bonds. The Morgan fingerprint density at radius 3 is 2.46 bits per heavy atom. The van der Waals surface area contributed by atoms with Gasteiger partial charge in [-0.15, -0.1) is 0 Å². The first-order chi connectivity index (χ1) is 12.7. The first-order valence-corrected chi connectivity index (χ1v) is 9.54. The van der Waals surface area contributed by atoms with Crippen LogP contribution >= 0.6 is 0 Å². The predicted octanol–water partition coefficient (Wildman–Crippen LogP) is 2.77. The minimum Gasteiger partial charge on any atom is -0.330 e. The van der Waals surface area contributed by atoms with Gasteiger partial charge in [0.15, 0.2) is 0 Å². The lowest BCUT2D eigenvalue weighted by atomic mass is 9.89. The van der Waals surface area contributed by atoms with Crippen molar-refractivity contribution in [2.75, 3.05) is 31.1 Å². The molecule has 2 aromatic carbocycles. The fourth-order valence-electron chi connectivity index (χ4n) is 4.46. The summed E-state index contributed by atoms with van der Waals surface area (Å²) in [5, 5.41) is 0. The van der Waals surface area contributed by atoms with Crippen molar-refractivity contribution in [2.24, 2.45) is 11.7 Å². The van der Waals surface area contributed by atoms with Crippen molar-refractivity contribution < 1.29 is 4.79 Å². The third kappa shape index (κ3) is 3.15. The Labute approximate surface area is 155 Å². The number of carbonyl (C=O) groups excluding carboxylic acids is 1. The van der Waals surface area contributed by atoms with Gasteiger partial charge in [0.25, 0.3) is 0 Å². The molecule has 2 aromatic rings. The summed E-state index contributed by atoms with van der Waals surface area (Å²) in [4.78, 5) is 17.4. The van der Waals surface area contributed by atoms with E-state index < -0.39 is 0 Å². The molecule has 4 rings (SSSR count). The van der Waals surface area contributed by atoms with Gasteiger partial charge in [0, 0.05) is 31.2 Å². The zero-order chi connectivity index (χ0) is 18.1. The van der Waals surface area contributed by atoms with Crippen molar-refractivity contribution in [1.29, 1.82) is 0 Å². The Hall–Kier alpha value is -2.17. The summed E-state index contributed by atoms with van der Waals surface area (Å²) in [5.74, 6) is 1.07. The Morgan fingerprint density at radius 1 is 1.04 bits per heavy atom. The Morgan fingerprint density at radius 2 is 1.77 bits per heavy atom. The second kappa shape index (κ2) is 7.22. The van der Waals surface area contributed by atoms with Crippen molar-refractivity contribution in [1.82, 2.24) is 4.90 Å². The number of anilines is 1. The Kier molecular flexibility index (Phi) is 4.79. The lowest BCUT2D eigenvalue weighted by molar-refractivity contribution is -0.121. The van der Waals surface area contributed by atoms with Crippen molar-refractivity contribution in [2.45, 2.75) is 25.3 Å². The summed E-state index contributed by atoms with van der Waals surface area (Å²) < 4.78 is 0. The van der Waals surface area contributed by atoms with Crippen LogP contribution in [0.3, 0.4) is 0 Å². The van der Waals surface area contributed by atoms with Crippen molar-refractivity contribution >= 4 is 11.6 Å². The molecule has 2 N–H and O–H groups in total. The summed E-state index contributed by atoms with van der Waals surface area (Å²) in [6.07, 6.45) is 0.894. The minimum atomic E-state index is -0.0148. The maximum Gasteiger partial charge on any atom is 0.244 e. The second-order valence-corrected chi connectivity index (χ2v) is 7.60. The highest BCUT2D eigenvalue weighted by Gasteiger charge is 2.42. The number of hydrogen-bond acceptors (Lipinski definition) is 3. The number of nitrogens with two attached hydrogens (primary N) is 1. The van der Waals surface area contributed by atoms with Crippen LogP contribution < -0.4 is 10.6 Å². The molecule has 0 bridgehead atoms. The van der Waals surface area contributed by atoms with Crippen LogP contribution in [0.25, 0.3) is 0 Å². The van der Waals surface area contributed by atoms with Gasteiger partial charge in [-0.3, -0.25) is 9.69 Å². The van der Waals surface area contributed by atoms with E-state index in [1.807, 2.05) is 11.0 Å². The molecule has 4 heteroatoms. The normalized spacial score (nSPS) is 26.6. The molecule has 0 saturated carbocycles. The van der Waals surface area contributed by atoms with Gasteiger partial charge in [-0.2, -0.15) is 0 Å². The molecule has 2 aliphatic rings. The Bertz CT molecular complexity index is 759. The molecular weight excluding hydrogens is 322 g/mol. The van der Waals surface area contributed by atoms with Gasteiger partial charge >= 0.3 is 0 Å². The van der Waals surface area contributed by atoms with Crippen molar-refractivity contribution in [3.05, 3.63) is 65.7 Å². The number of rotatable bonds is 4. The molecule has 2 aliphatic heterocycles. The standard InChI is InChI=1S/C22H27N3O/c1-16-7-9-19(10-8-16)25-12-11-21(22(25)26)24-14-18(13-23)20(15-24)17-5-3-2-4-6-17/h2-10,18,20-21H,11-15,23H2,1H3/t18-,20+,21?/m1/s1. The van der Waals surface area contributed by atoms with Gasteiger partial charge in [-0.05, 0) is 43.5 Å². The van der Waals surface area contributed by atoms with Crippen LogP contribution in [0.2, 0.25) is 0 Å². The van der Waals surface area contributed by atoms with E-state index in [4.69, 9.17) is 5.73 Å². The summed E-state index contributed by atoms with van der Waals surface area (Å²) in [5.41, 5.74) is 9.63. The SMILES string of the molecule is Cc1ccc(N2CCC(N3C[C@@H](CN)[C@H](c4ccccc4)C3)C2=O)cc1. The van der Waals surface area contributed by atoms with Crippen molar-refractivity contribution in [3.8, 4) is 0 Å². The molecule has 3 atom stereocenters. The van der Waals surface area contributed by atoms with Crippen LogP contribution in [0.4, 0.5) is 5.69 Å². The molecule has 0 aliphatic carbocycles. The topological polar surface area (TPSA) is 49.6 Å². The van der Waals surface area contributed by atoms with Crippen LogP contribution in [-0.2, 0) is 4.79 Å². The zero-order valence-electron chi connectivity index (χ0n) is 15.3. The van der Waals surface area contributed by atoms with E-state index in [1.165, 1.54) is 11.1 Å². The maximum absolute atomic E-state index is 13.1. The second-order valence-electron chi connectivity index (χ2n) is 7.60. The van der Waals surface area contributed by atoms with Crippen LogP contribution in [-0.4, -0.2) is 43.0 Å². The summed E-state index contributed by atoms with van der Waals surface area (Å²) in [7, 11) is 0. The third-order valence-electron chi connectivity index (χ3n) is 5.96. The largest absolute Gasteiger partial charge is 0.330 e. The molecule has 26 heavy (non-hydrogen) atoms. The van der Waals surface area contributed by atoms with E-state index in [0.29, 0.717) is 18.4 Å². The van der Waals surface area contributed by atoms with Gasteiger partial charge in [-0.1, -0.05) is 48.0 Å². The zero-order valence-corrected chi connectivity index (χ0v) is 15.3. The maximum atomic E-state index is 13.1. The lowest BCUT2D eigenvalue weighted by Gasteiger charge is -2.23. The van der Waals surface area contributed by atoms with E-state index in [1.54, 1.807) is 0 Å². The molecule has 4 nitrogen and oxygen atoms in total. The number of nitrogens with zero attached hydrogens (tertiary/aromatic N) is 2. The van der Waals surface area contributed by atoms with Crippen molar-refractivity contribution in [3.63, 3.8) is 0 Å².